The van der Waals surface area contributed by atoms with Crippen LogP contribution in [0.1, 0.15) is 22.3 Å². The summed E-state index contributed by atoms with van der Waals surface area (Å²) in [5.74, 6) is 2.34. The lowest BCUT2D eigenvalue weighted by atomic mass is 9.98. The molecule has 2 aromatic carbocycles. The van der Waals surface area contributed by atoms with Gasteiger partial charge in [-0.2, -0.15) is 0 Å². The van der Waals surface area contributed by atoms with Crippen molar-refractivity contribution in [2.45, 2.75) is 11.0 Å². The van der Waals surface area contributed by atoms with Crippen molar-refractivity contribution < 1.29 is 14.3 Å². The molecule has 134 valence electrons. The maximum atomic E-state index is 13.1. The highest BCUT2D eigenvalue weighted by molar-refractivity contribution is 8.18. The van der Waals surface area contributed by atoms with E-state index in [0.717, 1.165) is 29.2 Å². The van der Waals surface area contributed by atoms with E-state index in [9.17, 15) is 9.59 Å². The summed E-state index contributed by atoms with van der Waals surface area (Å²) in [6.45, 7) is 0. The van der Waals surface area contributed by atoms with Crippen LogP contribution < -0.4 is 4.74 Å². The van der Waals surface area contributed by atoms with Crippen LogP contribution in [0.2, 0.25) is 0 Å². The number of allylic oxidation sites excluding steroid dienone is 1. The van der Waals surface area contributed by atoms with E-state index in [4.69, 9.17) is 4.74 Å². The van der Waals surface area contributed by atoms with E-state index < -0.39 is 0 Å². The van der Waals surface area contributed by atoms with Gasteiger partial charge >= 0.3 is 0 Å². The number of hydrogen-bond acceptors (Lipinski definition) is 5. The summed E-state index contributed by atoms with van der Waals surface area (Å²) in [5, 5.41) is 0. The molecule has 0 aromatic heterocycles. The van der Waals surface area contributed by atoms with Crippen LogP contribution in [-0.2, 0) is 4.79 Å². The maximum absolute atomic E-state index is 13.1. The Morgan fingerprint density at radius 3 is 2.27 bits per heavy atom. The average molecular weight is 385 g/mol. The number of hydrogen-bond donors (Lipinski definition) is 0. The first-order chi connectivity index (χ1) is 12.7. The molecule has 0 saturated carbocycles. The number of rotatable bonds is 6. The Balaban J connectivity index is 1.95. The fourth-order valence-corrected chi connectivity index (χ4v) is 5.38. The van der Waals surface area contributed by atoms with E-state index in [1.165, 1.54) is 0 Å². The zero-order chi connectivity index (χ0) is 18.4. The third-order valence-electron chi connectivity index (χ3n) is 4.01. The zero-order valence-corrected chi connectivity index (χ0v) is 16.1. The normalized spacial score (nSPS) is 15.5. The molecule has 0 atom stereocenters. The summed E-state index contributed by atoms with van der Waals surface area (Å²) in [4.78, 5) is 26.1. The Hall–Kier alpha value is -1.98. The van der Waals surface area contributed by atoms with Crippen LogP contribution in [0, 0.1) is 0 Å². The predicted octanol–water partition coefficient (Wildman–Crippen LogP) is 4.73. The number of ether oxygens (including phenoxy) is 1. The van der Waals surface area contributed by atoms with E-state index in [1.54, 1.807) is 48.8 Å². The van der Waals surface area contributed by atoms with Crippen LogP contribution in [0.5, 0.6) is 5.75 Å². The summed E-state index contributed by atoms with van der Waals surface area (Å²) in [6, 6.07) is 16.3. The fourth-order valence-electron chi connectivity index (χ4n) is 2.63. The van der Waals surface area contributed by atoms with Crippen molar-refractivity contribution in [1.29, 1.82) is 0 Å². The van der Waals surface area contributed by atoms with Gasteiger partial charge in [-0.3, -0.25) is 9.59 Å². The molecular weight excluding hydrogens is 364 g/mol. The van der Waals surface area contributed by atoms with Crippen LogP contribution in [-0.4, -0.2) is 34.8 Å². The van der Waals surface area contributed by atoms with Crippen LogP contribution >= 0.6 is 23.5 Å². The molecule has 5 heteroatoms. The minimum Gasteiger partial charge on any atom is -0.497 e. The molecular formula is C21H20O3S2. The Morgan fingerprint density at radius 2 is 1.65 bits per heavy atom. The summed E-state index contributed by atoms with van der Waals surface area (Å²) < 4.78 is 4.96. The number of carbonyl (C=O) groups is 2. The molecule has 1 heterocycles. The molecule has 0 bridgehead atoms. The highest BCUT2D eigenvalue weighted by Gasteiger charge is 2.29. The molecule has 1 fully saturated rings. The molecule has 1 aliphatic rings. The first-order valence-corrected chi connectivity index (χ1v) is 10.5. The van der Waals surface area contributed by atoms with Gasteiger partial charge in [-0.25, -0.2) is 0 Å². The van der Waals surface area contributed by atoms with Crippen molar-refractivity contribution in [3.05, 3.63) is 71.3 Å². The quantitative estimate of drug-likeness (QED) is 0.312. The van der Waals surface area contributed by atoms with Gasteiger partial charge in [-0.1, -0.05) is 42.5 Å². The summed E-state index contributed by atoms with van der Waals surface area (Å²) in [5.41, 5.74) is 1.59. The van der Waals surface area contributed by atoms with E-state index in [1.807, 2.05) is 42.5 Å². The molecule has 3 rings (SSSR count). The first kappa shape index (κ1) is 18.8. The van der Waals surface area contributed by atoms with Gasteiger partial charge in [0.1, 0.15) is 10.3 Å². The van der Waals surface area contributed by atoms with Crippen LogP contribution in [0.15, 0.2) is 60.2 Å². The Labute approximate surface area is 162 Å². The molecule has 2 aromatic rings. The van der Waals surface area contributed by atoms with Gasteiger partial charge in [0.25, 0.3) is 0 Å². The molecule has 26 heavy (non-hydrogen) atoms. The van der Waals surface area contributed by atoms with Crippen molar-refractivity contribution >= 4 is 41.2 Å². The number of ketones is 2. The average Bonchev–Trinajstić information content (AvgIpc) is 2.73. The van der Waals surface area contributed by atoms with Gasteiger partial charge in [0.2, 0.25) is 0 Å². The van der Waals surface area contributed by atoms with Gasteiger partial charge in [0.15, 0.2) is 11.6 Å². The lowest BCUT2D eigenvalue weighted by Crippen LogP contribution is -2.24. The third kappa shape index (κ3) is 4.59. The highest BCUT2D eigenvalue weighted by Crippen LogP contribution is 2.34. The minimum absolute atomic E-state index is 0.0932. The van der Waals surface area contributed by atoms with Crippen molar-refractivity contribution in [2.75, 3.05) is 18.6 Å². The SMILES string of the molecule is COc1ccc(/C=C(\C(=O)c2ccccc2)C(=O)C2SCCCS2)cc1. The van der Waals surface area contributed by atoms with Gasteiger partial charge in [0, 0.05) is 5.56 Å². The van der Waals surface area contributed by atoms with E-state index in [-0.39, 0.29) is 21.7 Å². The number of Topliss-reactive ketones (excluding diaryl/α,β-unsaturated/α-hetero) is 2. The van der Waals surface area contributed by atoms with Gasteiger partial charge in [-0.05, 0) is 41.7 Å². The number of carbonyl (C=O) groups excluding carboxylic acids is 2. The smallest absolute Gasteiger partial charge is 0.196 e. The van der Waals surface area contributed by atoms with Crippen molar-refractivity contribution in [3.63, 3.8) is 0 Å². The maximum Gasteiger partial charge on any atom is 0.196 e. The van der Waals surface area contributed by atoms with Gasteiger partial charge in [0.05, 0.1) is 12.7 Å². The molecule has 1 aliphatic heterocycles. The minimum atomic E-state index is -0.224. The second-order valence-electron chi connectivity index (χ2n) is 5.82. The molecule has 0 aliphatic carbocycles. The molecule has 0 spiro atoms. The van der Waals surface area contributed by atoms with Crippen molar-refractivity contribution in [3.8, 4) is 5.75 Å². The fraction of sp³-hybridized carbons (Fsp3) is 0.238. The largest absolute Gasteiger partial charge is 0.497 e. The van der Waals surface area contributed by atoms with E-state index >= 15 is 0 Å². The molecule has 0 N–H and O–H groups in total. The van der Waals surface area contributed by atoms with Crippen LogP contribution in [0.3, 0.4) is 0 Å². The third-order valence-corrected chi connectivity index (χ3v) is 6.91. The molecule has 0 amide bonds. The number of thioether (sulfide) groups is 2. The number of methoxy groups -OCH3 is 1. The Kier molecular flexibility index (Phi) is 6.58. The predicted molar refractivity (Wildman–Crippen MR) is 110 cm³/mol. The standard InChI is InChI=1S/C21H20O3S2/c1-24-17-10-8-15(9-11-17)14-18(19(22)16-6-3-2-4-7-16)20(23)21-25-12-5-13-26-21/h2-4,6-11,14,21H,5,12-13H2,1H3/b18-14+. The second kappa shape index (κ2) is 9.10. The number of benzene rings is 2. The van der Waals surface area contributed by atoms with E-state index in [2.05, 4.69) is 0 Å². The molecule has 1 saturated heterocycles. The van der Waals surface area contributed by atoms with Gasteiger partial charge < -0.3 is 4.74 Å². The first-order valence-electron chi connectivity index (χ1n) is 8.42. The highest BCUT2D eigenvalue weighted by atomic mass is 32.2. The summed E-state index contributed by atoms with van der Waals surface area (Å²) in [7, 11) is 1.61. The summed E-state index contributed by atoms with van der Waals surface area (Å²) in [6.07, 6.45) is 2.80. The Bertz CT molecular complexity index is 792. The second-order valence-corrected chi connectivity index (χ2v) is 8.54. The lowest BCUT2D eigenvalue weighted by Gasteiger charge is -2.20. The Morgan fingerprint density at radius 1 is 1.00 bits per heavy atom. The monoisotopic (exact) mass is 384 g/mol. The van der Waals surface area contributed by atoms with Crippen LogP contribution in [0.4, 0.5) is 0 Å². The summed E-state index contributed by atoms with van der Waals surface area (Å²) >= 11 is 3.26. The van der Waals surface area contributed by atoms with Crippen LogP contribution in [0.25, 0.3) is 6.08 Å². The molecule has 3 nitrogen and oxygen atoms in total. The van der Waals surface area contributed by atoms with Gasteiger partial charge in [-0.15, -0.1) is 23.5 Å². The van der Waals surface area contributed by atoms with Crippen molar-refractivity contribution in [2.24, 2.45) is 0 Å². The van der Waals surface area contributed by atoms with E-state index in [0.29, 0.717) is 5.56 Å². The van der Waals surface area contributed by atoms with Crippen molar-refractivity contribution in [1.82, 2.24) is 0 Å². The molecule has 0 radical (unpaired) electrons. The zero-order valence-electron chi connectivity index (χ0n) is 14.5. The molecule has 0 unspecified atom stereocenters. The topological polar surface area (TPSA) is 43.4 Å². The lowest BCUT2D eigenvalue weighted by molar-refractivity contribution is -0.113.